The number of methoxy groups -OCH3 is 1. The average molecular weight is 447 g/mol. The minimum atomic E-state index is -3.55. The lowest BCUT2D eigenvalue weighted by Crippen LogP contribution is -2.49. The van der Waals surface area contributed by atoms with Gasteiger partial charge in [0.1, 0.15) is 17.4 Å². The highest BCUT2D eigenvalue weighted by Gasteiger charge is 2.28. The van der Waals surface area contributed by atoms with E-state index in [0.29, 0.717) is 56.2 Å². The molecule has 0 radical (unpaired) electrons. The van der Waals surface area contributed by atoms with Crippen LogP contribution in [0.15, 0.2) is 52.2 Å². The summed E-state index contributed by atoms with van der Waals surface area (Å²) in [5.41, 5.74) is 0.0884. The van der Waals surface area contributed by atoms with Crippen molar-refractivity contribution in [1.82, 2.24) is 19.2 Å². The van der Waals surface area contributed by atoms with Gasteiger partial charge in [-0.2, -0.15) is 4.31 Å². The van der Waals surface area contributed by atoms with Crippen LogP contribution in [0.3, 0.4) is 0 Å². The lowest BCUT2D eigenvalue weighted by molar-refractivity contribution is 0.189. The molecule has 164 valence electrons. The van der Waals surface area contributed by atoms with Gasteiger partial charge in [0.05, 0.1) is 22.9 Å². The number of H-pyrrole nitrogens is 1. The van der Waals surface area contributed by atoms with Gasteiger partial charge in [0.15, 0.2) is 0 Å². The number of hydrogen-bond acceptors (Lipinski definition) is 6. The van der Waals surface area contributed by atoms with Gasteiger partial charge < -0.3 is 14.6 Å². The smallest absolute Gasteiger partial charge is 0.258 e. The van der Waals surface area contributed by atoms with Crippen LogP contribution in [0.2, 0.25) is 0 Å². The second kappa shape index (κ2) is 8.74. The van der Waals surface area contributed by atoms with Crippen LogP contribution in [0.25, 0.3) is 10.9 Å². The van der Waals surface area contributed by atoms with Gasteiger partial charge in [0.2, 0.25) is 10.0 Å². The molecule has 4 rings (SSSR count). The lowest BCUT2D eigenvalue weighted by atomic mass is 10.2. The van der Waals surface area contributed by atoms with Gasteiger partial charge >= 0.3 is 0 Å². The summed E-state index contributed by atoms with van der Waals surface area (Å²) in [5.74, 6) is 0.654. The quantitative estimate of drug-likeness (QED) is 0.618. The molecule has 3 aromatic rings. The fourth-order valence-corrected chi connectivity index (χ4v) is 5.05. The van der Waals surface area contributed by atoms with Crippen molar-refractivity contribution in [2.24, 2.45) is 0 Å². The SMILES string of the molecule is COc1ccc(S(=O)(=O)N2CCN(CCc3nc4ccc(F)cc4c(=O)[nH]3)CC2)cc1. The molecular weight excluding hydrogens is 423 g/mol. The molecule has 0 unspecified atom stereocenters. The van der Waals surface area contributed by atoms with E-state index in [1.54, 1.807) is 24.3 Å². The number of hydrogen-bond donors (Lipinski definition) is 1. The number of ether oxygens (including phenoxy) is 1. The van der Waals surface area contributed by atoms with Crippen molar-refractivity contribution in [2.75, 3.05) is 39.8 Å². The van der Waals surface area contributed by atoms with E-state index in [2.05, 4.69) is 14.9 Å². The number of fused-ring (bicyclic) bond motifs is 1. The minimum absolute atomic E-state index is 0.223. The first kappa shape index (κ1) is 21.4. The molecule has 10 heteroatoms. The Balaban J connectivity index is 1.36. The maximum atomic E-state index is 13.3. The standard InChI is InChI=1S/C21H23FN4O4S/c1-30-16-3-5-17(6-4-16)31(28,29)26-12-10-25(11-13-26)9-8-20-23-19-7-2-15(22)14-18(19)21(27)24-20/h2-7,14H,8-13H2,1H3,(H,23,24,27). The van der Waals surface area contributed by atoms with Gasteiger partial charge in [-0.3, -0.25) is 4.79 Å². The summed E-state index contributed by atoms with van der Waals surface area (Å²) in [4.78, 5) is 21.7. The van der Waals surface area contributed by atoms with Crippen molar-refractivity contribution in [1.29, 1.82) is 0 Å². The zero-order valence-corrected chi connectivity index (χ0v) is 17.9. The van der Waals surface area contributed by atoms with Crippen molar-refractivity contribution < 1.29 is 17.5 Å². The topological polar surface area (TPSA) is 95.6 Å². The van der Waals surface area contributed by atoms with Crippen LogP contribution in [0.1, 0.15) is 5.82 Å². The normalized spacial score (nSPS) is 15.9. The Labute approximate surface area is 179 Å². The number of halogens is 1. The van der Waals surface area contributed by atoms with Crippen LogP contribution in [-0.4, -0.2) is 67.4 Å². The van der Waals surface area contributed by atoms with Crippen LogP contribution in [0, 0.1) is 5.82 Å². The van der Waals surface area contributed by atoms with Gasteiger partial charge in [0, 0.05) is 39.1 Å². The number of nitrogens with zero attached hydrogens (tertiary/aromatic N) is 3. The van der Waals surface area contributed by atoms with Crippen LogP contribution in [0.4, 0.5) is 4.39 Å². The molecule has 2 heterocycles. The molecule has 1 aromatic heterocycles. The Bertz CT molecular complexity index is 1240. The summed E-state index contributed by atoms with van der Waals surface area (Å²) in [6, 6.07) is 10.3. The van der Waals surface area contributed by atoms with E-state index >= 15 is 0 Å². The first-order valence-electron chi connectivity index (χ1n) is 9.92. The number of aromatic amines is 1. The van der Waals surface area contributed by atoms with E-state index in [0.717, 1.165) is 0 Å². The second-order valence-corrected chi connectivity index (χ2v) is 9.28. The number of rotatable bonds is 6. The molecule has 1 aliphatic rings. The summed E-state index contributed by atoms with van der Waals surface area (Å²) < 4.78 is 45.6. The van der Waals surface area contributed by atoms with E-state index in [1.165, 1.54) is 29.6 Å². The molecule has 1 saturated heterocycles. The maximum Gasteiger partial charge on any atom is 0.258 e. The molecule has 0 bridgehead atoms. The molecule has 0 spiro atoms. The van der Waals surface area contributed by atoms with Gasteiger partial charge in [-0.05, 0) is 42.5 Å². The van der Waals surface area contributed by atoms with E-state index in [9.17, 15) is 17.6 Å². The molecule has 0 saturated carbocycles. The van der Waals surface area contributed by atoms with Crippen molar-refractivity contribution in [3.05, 3.63) is 64.5 Å². The number of sulfonamides is 1. The molecule has 0 aliphatic carbocycles. The highest BCUT2D eigenvalue weighted by Crippen LogP contribution is 2.20. The van der Waals surface area contributed by atoms with E-state index in [4.69, 9.17) is 4.74 Å². The molecule has 8 nitrogen and oxygen atoms in total. The van der Waals surface area contributed by atoms with Crippen molar-refractivity contribution >= 4 is 20.9 Å². The highest BCUT2D eigenvalue weighted by molar-refractivity contribution is 7.89. The molecule has 2 aromatic carbocycles. The maximum absolute atomic E-state index is 13.3. The fraction of sp³-hybridized carbons (Fsp3) is 0.333. The fourth-order valence-electron chi connectivity index (χ4n) is 3.63. The Morgan fingerprint density at radius 1 is 1.10 bits per heavy atom. The molecular formula is C21H23FN4O4S. The minimum Gasteiger partial charge on any atom is -0.497 e. The third kappa shape index (κ3) is 4.60. The summed E-state index contributed by atoms with van der Waals surface area (Å²) in [6.45, 7) is 2.56. The number of piperazine rings is 1. The van der Waals surface area contributed by atoms with Crippen molar-refractivity contribution in [3.63, 3.8) is 0 Å². The first-order valence-corrected chi connectivity index (χ1v) is 11.4. The van der Waals surface area contributed by atoms with Crippen LogP contribution in [-0.2, 0) is 16.4 Å². The Kier molecular flexibility index (Phi) is 6.03. The third-order valence-corrected chi connectivity index (χ3v) is 7.32. The summed E-state index contributed by atoms with van der Waals surface area (Å²) in [5, 5.41) is 0.223. The molecule has 0 atom stereocenters. The second-order valence-electron chi connectivity index (χ2n) is 7.35. The van der Waals surface area contributed by atoms with Crippen molar-refractivity contribution in [3.8, 4) is 5.75 Å². The monoisotopic (exact) mass is 446 g/mol. The molecule has 31 heavy (non-hydrogen) atoms. The third-order valence-electron chi connectivity index (χ3n) is 5.41. The van der Waals surface area contributed by atoms with Gasteiger partial charge in [-0.15, -0.1) is 0 Å². The summed E-state index contributed by atoms with van der Waals surface area (Å²) in [6.07, 6.45) is 0.508. The molecule has 1 fully saturated rings. The molecule has 1 aliphatic heterocycles. The van der Waals surface area contributed by atoms with Gasteiger partial charge in [0.25, 0.3) is 5.56 Å². The Morgan fingerprint density at radius 3 is 2.48 bits per heavy atom. The summed E-state index contributed by atoms with van der Waals surface area (Å²) in [7, 11) is -2.02. The number of nitrogens with one attached hydrogen (secondary N) is 1. The van der Waals surface area contributed by atoms with Gasteiger partial charge in [-0.1, -0.05) is 0 Å². The summed E-state index contributed by atoms with van der Waals surface area (Å²) >= 11 is 0. The number of aromatic nitrogens is 2. The largest absolute Gasteiger partial charge is 0.497 e. The van der Waals surface area contributed by atoms with Crippen LogP contribution < -0.4 is 10.3 Å². The average Bonchev–Trinajstić information content (AvgIpc) is 2.78. The predicted molar refractivity (Wildman–Crippen MR) is 114 cm³/mol. The first-order chi connectivity index (χ1) is 14.9. The number of benzene rings is 2. The Hall–Kier alpha value is -2.82. The van der Waals surface area contributed by atoms with E-state index in [1.807, 2.05) is 0 Å². The zero-order valence-electron chi connectivity index (χ0n) is 17.0. The van der Waals surface area contributed by atoms with E-state index in [-0.39, 0.29) is 15.8 Å². The lowest BCUT2D eigenvalue weighted by Gasteiger charge is -2.33. The van der Waals surface area contributed by atoms with Crippen LogP contribution in [0.5, 0.6) is 5.75 Å². The Morgan fingerprint density at radius 2 is 1.81 bits per heavy atom. The molecule has 1 N–H and O–H groups in total. The van der Waals surface area contributed by atoms with E-state index < -0.39 is 15.8 Å². The predicted octanol–water partition coefficient (Wildman–Crippen LogP) is 1.62. The molecule has 0 amide bonds. The van der Waals surface area contributed by atoms with Gasteiger partial charge in [-0.25, -0.2) is 17.8 Å². The van der Waals surface area contributed by atoms with Crippen LogP contribution >= 0.6 is 0 Å². The van der Waals surface area contributed by atoms with Crippen molar-refractivity contribution in [2.45, 2.75) is 11.3 Å². The zero-order chi connectivity index (χ0) is 22.0. The highest BCUT2D eigenvalue weighted by atomic mass is 32.2.